The van der Waals surface area contributed by atoms with Gasteiger partial charge in [-0.25, -0.2) is 0 Å². The van der Waals surface area contributed by atoms with Crippen LogP contribution in [-0.2, 0) is 4.74 Å². The Morgan fingerprint density at radius 2 is 1.93 bits per heavy atom. The van der Waals surface area contributed by atoms with Gasteiger partial charge in [-0.2, -0.15) is 0 Å². The molecule has 1 amide bonds. The fourth-order valence-corrected chi connectivity index (χ4v) is 4.96. The minimum Gasteiger partial charge on any atom is -0.376 e. The van der Waals surface area contributed by atoms with Crippen molar-refractivity contribution >= 4 is 18.3 Å². The number of hydrogen-bond acceptors (Lipinski definition) is 4. The lowest BCUT2D eigenvalue weighted by molar-refractivity contribution is -0.0211. The summed E-state index contributed by atoms with van der Waals surface area (Å²) in [6, 6.07) is 2.16. The minimum absolute atomic E-state index is 0. The summed E-state index contributed by atoms with van der Waals surface area (Å²) in [7, 11) is 0. The highest BCUT2D eigenvalue weighted by Gasteiger charge is 2.41. The van der Waals surface area contributed by atoms with Crippen LogP contribution in [0, 0.1) is 24.7 Å². The lowest BCUT2D eigenvalue weighted by Crippen LogP contribution is -2.51. The first-order valence-electron chi connectivity index (χ1n) is 10.9. The Kier molecular flexibility index (Phi) is 6.05. The molecule has 0 spiro atoms. The van der Waals surface area contributed by atoms with Gasteiger partial charge in [0.25, 0.3) is 11.5 Å². The summed E-state index contributed by atoms with van der Waals surface area (Å²) in [6.45, 7) is 4.73. The number of hydrogen-bond donors (Lipinski definition) is 2. The first kappa shape index (κ1) is 20.9. The Morgan fingerprint density at radius 3 is 2.62 bits per heavy atom. The van der Waals surface area contributed by atoms with E-state index in [1.54, 1.807) is 4.57 Å². The van der Waals surface area contributed by atoms with E-state index in [-0.39, 0.29) is 42.1 Å². The number of aromatic nitrogens is 1. The molecule has 1 aromatic rings. The van der Waals surface area contributed by atoms with Gasteiger partial charge in [0.15, 0.2) is 0 Å². The van der Waals surface area contributed by atoms with Crippen LogP contribution < -0.4 is 16.2 Å². The fourth-order valence-electron chi connectivity index (χ4n) is 4.96. The molecule has 3 saturated carbocycles. The first-order valence-corrected chi connectivity index (χ1v) is 10.9. The Labute approximate surface area is 178 Å². The zero-order chi connectivity index (χ0) is 19.3. The molecule has 0 radical (unpaired) electrons. The van der Waals surface area contributed by atoms with Crippen LogP contribution >= 0.6 is 12.4 Å². The molecule has 0 bridgehead atoms. The average molecular weight is 422 g/mol. The van der Waals surface area contributed by atoms with E-state index in [9.17, 15) is 9.59 Å². The van der Waals surface area contributed by atoms with E-state index in [0.29, 0.717) is 23.3 Å². The van der Waals surface area contributed by atoms with E-state index in [2.05, 4.69) is 10.6 Å². The molecule has 0 unspecified atom stereocenters. The minimum atomic E-state index is -0.230. The molecule has 29 heavy (non-hydrogen) atoms. The van der Waals surface area contributed by atoms with E-state index in [1.165, 1.54) is 12.8 Å². The van der Waals surface area contributed by atoms with E-state index in [4.69, 9.17) is 4.74 Å². The number of ether oxygens (including phenoxy) is 1. The topological polar surface area (TPSA) is 72.4 Å². The molecular formula is C22H32ClN3O3. The molecule has 4 fully saturated rings. The summed E-state index contributed by atoms with van der Waals surface area (Å²) in [5.74, 6) is 1.71. The van der Waals surface area contributed by atoms with Gasteiger partial charge in [-0.05, 0) is 87.9 Å². The molecule has 5 rings (SSSR count). The molecule has 4 atom stereocenters. The third-order valence-corrected chi connectivity index (χ3v) is 7.07. The second-order valence-corrected chi connectivity index (χ2v) is 9.36. The summed E-state index contributed by atoms with van der Waals surface area (Å²) in [5, 5.41) is 6.70. The maximum Gasteiger partial charge on any atom is 0.263 e. The monoisotopic (exact) mass is 421 g/mol. The molecule has 1 aromatic heterocycles. The summed E-state index contributed by atoms with van der Waals surface area (Å²) in [6.07, 6.45) is 8.41. The quantitative estimate of drug-likeness (QED) is 0.740. The van der Waals surface area contributed by atoms with Crippen LogP contribution in [-0.4, -0.2) is 42.3 Å². The van der Waals surface area contributed by atoms with Gasteiger partial charge >= 0.3 is 0 Å². The van der Waals surface area contributed by atoms with Crippen LogP contribution in [0.2, 0.25) is 0 Å². The number of pyridine rings is 1. The van der Waals surface area contributed by atoms with Crippen molar-refractivity contribution in [1.29, 1.82) is 0 Å². The van der Waals surface area contributed by atoms with Crippen molar-refractivity contribution in [1.82, 2.24) is 15.2 Å². The van der Waals surface area contributed by atoms with Crippen LogP contribution in [0.5, 0.6) is 0 Å². The van der Waals surface area contributed by atoms with Gasteiger partial charge in [-0.15, -0.1) is 12.4 Å². The number of halogens is 1. The standard InChI is InChI=1S/C22H31N3O3.ClH/c1-13-6-7-25(17-4-5-17)22(27)20(13)21(26)24-18-8-15-10-23-11-16(15)9-19(18)28-12-14-2-3-14;/h6-7,14-19,23H,2-5,8-12H2,1H3,(H,24,26);1H/t15-,16+,18-,19-;/m0./s1. The highest BCUT2D eigenvalue weighted by atomic mass is 35.5. The predicted octanol–water partition coefficient (Wildman–Crippen LogP) is 2.44. The SMILES string of the molecule is Cc1ccn(C2CC2)c(=O)c1C(=O)N[C@H]1C[C@H]2CNC[C@H]2C[C@@H]1OCC1CC1.Cl. The predicted molar refractivity (Wildman–Crippen MR) is 114 cm³/mol. The summed E-state index contributed by atoms with van der Waals surface area (Å²) in [4.78, 5) is 26.0. The fraction of sp³-hybridized carbons (Fsp3) is 0.727. The number of nitrogens with one attached hydrogen (secondary N) is 2. The Morgan fingerprint density at radius 1 is 1.21 bits per heavy atom. The number of carbonyl (C=O) groups is 1. The molecule has 1 saturated heterocycles. The highest BCUT2D eigenvalue weighted by Crippen LogP contribution is 2.37. The van der Waals surface area contributed by atoms with Gasteiger partial charge in [0.2, 0.25) is 0 Å². The Bertz CT molecular complexity index is 818. The molecule has 3 aliphatic carbocycles. The van der Waals surface area contributed by atoms with Crippen molar-refractivity contribution in [3.63, 3.8) is 0 Å². The second-order valence-electron chi connectivity index (χ2n) is 9.36. The van der Waals surface area contributed by atoms with Crippen LogP contribution in [0.4, 0.5) is 0 Å². The van der Waals surface area contributed by atoms with Gasteiger partial charge < -0.3 is 19.9 Å². The number of nitrogens with zero attached hydrogens (tertiary/aromatic N) is 1. The van der Waals surface area contributed by atoms with Crippen molar-refractivity contribution in [2.75, 3.05) is 19.7 Å². The summed E-state index contributed by atoms with van der Waals surface area (Å²) < 4.78 is 8.01. The third-order valence-electron chi connectivity index (χ3n) is 7.07. The van der Waals surface area contributed by atoms with Crippen LogP contribution in [0.15, 0.2) is 17.1 Å². The van der Waals surface area contributed by atoms with Gasteiger partial charge in [0.1, 0.15) is 5.56 Å². The zero-order valence-electron chi connectivity index (χ0n) is 17.1. The Hall–Kier alpha value is -1.37. The molecule has 160 valence electrons. The van der Waals surface area contributed by atoms with E-state index < -0.39 is 0 Å². The van der Waals surface area contributed by atoms with Crippen molar-refractivity contribution < 1.29 is 9.53 Å². The second kappa shape index (κ2) is 8.40. The van der Waals surface area contributed by atoms with Crippen LogP contribution in [0.1, 0.15) is 60.5 Å². The smallest absolute Gasteiger partial charge is 0.263 e. The molecule has 4 aliphatic rings. The molecule has 6 nitrogen and oxygen atoms in total. The average Bonchev–Trinajstić information content (AvgIpc) is 3.59. The number of fused-ring (bicyclic) bond motifs is 1. The summed E-state index contributed by atoms with van der Waals surface area (Å²) >= 11 is 0. The van der Waals surface area contributed by atoms with Crippen LogP contribution in [0.25, 0.3) is 0 Å². The van der Waals surface area contributed by atoms with Crippen molar-refractivity contribution in [2.24, 2.45) is 17.8 Å². The molecule has 0 aromatic carbocycles. The lowest BCUT2D eigenvalue weighted by atomic mass is 9.77. The third kappa shape index (κ3) is 4.39. The Balaban J connectivity index is 0.00000205. The molecule has 2 N–H and O–H groups in total. The molecule has 7 heteroatoms. The lowest BCUT2D eigenvalue weighted by Gasteiger charge is -2.38. The number of carbonyl (C=O) groups excluding carboxylic acids is 1. The van der Waals surface area contributed by atoms with Gasteiger partial charge in [0, 0.05) is 18.8 Å². The van der Waals surface area contributed by atoms with Crippen molar-refractivity contribution in [3.05, 3.63) is 33.7 Å². The van der Waals surface area contributed by atoms with Crippen LogP contribution in [0.3, 0.4) is 0 Å². The maximum atomic E-state index is 13.1. The van der Waals surface area contributed by atoms with Gasteiger partial charge in [-0.3, -0.25) is 9.59 Å². The number of rotatable bonds is 6. The number of aryl methyl sites for hydroxylation is 1. The maximum absolute atomic E-state index is 13.1. The molecule has 2 heterocycles. The van der Waals surface area contributed by atoms with E-state index >= 15 is 0 Å². The largest absolute Gasteiger partial charge is 0.376 e. The van der Waals surface area contributed by atoms with Crippen molar-refractivity contribution in [3.8, 4) is 0 Å². The van der Waals surface area contributed by atoms with E-state index in [1.807, 2.05) is 19.2 Å². The highest BCUT2D eigenvalue weighted by molar-refractivity contribution is 5.95. The summed E-state index contributed by atoms with van der Waals surface area (Å²) in [5.41, 5.74) is 0.916. The van der Waals surface area contributed by atoms with Gasteiger partial charge in [-0.1, -0.05) is 0 Å². The van der Waals surface area contributed by atoms with Gasteiger partial charge in [0.05, 0.1) is 12.1 Å². The van der Waals surface area contributed by atoms with Crippen molar-refractivity contribution in [2.45, 2.75) is 63.6 Å². The normalized spacial score (nSPS) is 31.1. The molecule has 1 aliphatic heterocycles. The zero-order valence-corrected chi connectivity index (χ0v) is 17.9. The first-order chi connectivity index (χ1) is 13.6. The molecular weight excluding hydrogens is 390 g/mol. The van der Waals surface area contributed by atoms with E-state index in [0.717, 1.165) is 50.9 Å². The number of amides is 1.